The zero-order valence-corrected chi connectivity index (χ0v) is 16.0. The third-order valence-corrected chi connectivity index (χ3v) is 4.23. The van der Waals surface area contributed by atoms with E-state index in [2.05, 4.69) is 22.2 Å². The predicted molar refractivity (Wildman–Crippen MR) is 102 cm³/mol. The minimum absolute atomic E-state index is 0.0282. The molecule has 0 aliphatic carbocycles. The summed E-state index contributed by atoms with van der Waals surface area (Å²) < 4.78 is 0. The van der Waals surface area contributed by atoms with Crippen LogP contribution in [0.4, 0.5) is 11.4 Å². The molecule has 1 saturated heterocycles. The molecule has 138 valence electrons. The van der Waals surface area contributed by atoms with Gasteiger partial charge in [-0.1, -0.05) is 0 Å². The lowest BCUT2D eigenvalue weighted by atomic mass is 10.1. The zero-order chi connectivity index (χ0) is 18.6. The lowest BCUT2D eigenvalue weighted by molar-refractivity contribution is -0.124. The van der Waals surface area contributed by atoms with Crippen LogP contribution in [0.25, 0.3) is 0 Å². The van der Waals surface area contributed by atoms with Crippen molar-refractivity contribution in [3.63, 3.8) is 0 Å². The average molecular weight is 346 g/mol. The summed E-state index contributed by atoms with van der Waals surface area (Å²) in [5, 5.41) is 2.90. The molecule has 0 aromatic heterocycles. The van der Waals surface area contributed by atoms with Crippen LogP contribution < -0.4 is 15.1 Å². The zero-order valence-electron chi connectivity index (χ0n) is 16.0. The lowest BCUT2D eigenvalue weighted by Crippen LogP contribution is -2.47. The van der Waals surface area contributed by atoms with Gasteiger partial charge in [0.2, 0.25) is 11.8 Å². The van der Waals surface area contributed by atoms with E-state index >= 15 is 0 Å². The van der Waals surface area contributed by atoms with Gasteiger partial charge < -0.3 is 20.0 Å². The van der Waals surface area contributed by atoms with Gasteiger partial charge in [0.1, 0.15) is 6.54 Å². The van der Waals surface area contributed by atoms with Gasteiger partial charge in [-0.05, 0) is 52.1 Å². The second kappa shape index (κ2) is 7.87. The van der Waals surface area contributed by atoms with E-state index in [0.29, 0.717) is 0 Å². The Balaban J connectivity index is 2.06. The first-order chi connectivity index (χ1) is 11.7. The van der Waals surface area contributed by atoms with Gasteiger partial charge in [-0.3, -0.25) is 9.59 Å². The van der Waals surface area contributed by atoms with Crippen molar-refractivity contribution in [2.75, 3.05) is 49.6 Å². The van der Waals surface area contributed by atoms with E-state index in [9.17, 15) is 9.59 Å². The molecular weight excluding hydrogens is 316 g/mol. The summed E-state index contributed by atoms with van der Waals surface area (Å²) in [6.07, 6.45) is 0. The molecule has 0 atom stereocenters. The number of hydrogen-bond donors (Lipinski definition) is 1. The Kier molecular flexibility index (Phi) is 6.06. The smallest absolute Gasteiger partial charge is 0.240 e. The van der Waals surface area contributed by atoms with Crippen molar-refractivity contribution in [3.05, 3.63) is 24.3 Å². The highest BCUT2D eigenvalue weighted by Crippen LogP contribution is 2.22. The Morgan fingerprint density at radius 2 is 1.64 bits per heavy atom. The molecule has 0 saturated carbocycles. The van der Waals surface area contributed by atoms with Crippen LogP contribution in [0.5, 0.6) is 0 Å². The molecule has 6 nitrogen and oxygen atoms in total. The van der Waals surface area contributed by atoms with Crippen LogP contribution in [0.2, 0.25) is 0 Å². The van der Waals surface area contributed by atoms with Crippen molar-refractivity contribution >= 4 is 23.2 Å². The molecule has 1 aliphatic rings. The highest BCUT2D eigenvalue weighted by Gasteiger charge is 2.20. The van der Waals surface area contributed by atoms with Crippen LogP contribution >= 0.6 is 0 Å². The maximum Gasteiger partial charge on any atom is 0.240 e. The van der Waals surface area contributed by atoms with E-state index in [0.717, 1.165) is 37.6 Å². The third-order valence-electron chi connectivity index (χ3n) is 4.23. The first kappa shape index (κ1) is 19.2. The SMILES string of the molecule is CC(=O)N(CC(=O)NC(C)(C)C)c1ccc(N2CCN(C)CC2)cc1. The van der Waals surface area contributed by atoms with Gasteiger partial charge in [-0.25, -0.2) is 0 Å². The van der Waals surface area contributed by atoms with Gasteiger partial charge in [0.25, 0.3) is 0 Å². The molecule has 1 N–H and O–H groups in total. The normalized spacial score (nSPS) is 15.8. The van der Waals surface area contributed by atoms with E-state index in [1.165, 1.54) is 11.8 Å². The topological polar surface area (TPSA) is 55.9 Å². The predicted octanol–water partition coefficient (Wildman–Crippen LogP) is 1.71. The summed E-state index contributed by atoms with van der Waals surface area (Å²) in [5.41, 5.74) is 1.58. The Hall–Kier alpha value is -2.08. The summed E-state index contributed by atoms with van der Waals surface area (Å²) in [7, 11) is 2.13. The van der Waals surface area contributed by atoms with Gasteiger partial charge in [0.05, 0.1) is 0 Å². The molecule has 6 heteroatoms. The fourth-order valence-corrected chi connectivity index (χ4v) is 2.89. The van der Waals surface area contributed by atoms with Crippen LogP contribution in [0.3, 0.4) is 0 Å². The monoisotopic (exact) mass is 346 g/mol. The van der Waals surface area contributed by atoms with Crippen molar-refractivity contribution in [2.24, 2.45) is 0 Å². The number of nitrogens with zero attached hydrogens (tertiary/aromatic N) is 3. The van der Waals surface area contributed by atoms with E-state index in [1.807, 2.05) is 45.0 Å². The summed E-state index contributed by atoms with van der Waals surface area (Å²) in [4.78, 5) is 30.3. The molecule has 1 fully saturated rings. The largest absolute Gasteiger partial charge is 0.369 e. The van der Waals surface area contributed by atoms with Crippen LogP contribution in [0.1, 0.15) is 27.7 Å². The van der Waals surface area contributed by atoms with Crippen LogP contribution in [0.15, 0.2) is 24.3 Å². The maximum absolute atomic E-state index is 12.2. The number of hydrogen-bond acceptors (Lipinski definition) is 4. The second-order valence-electron chi connectivity index (χ2n) is 7.71. The van der Waals surface area contributed by atoms with E-state index in [-0.39, 0.29) is 23.9 Å². The summed E-state index contributed by atoms with van der Waals surface area (Å²) >= 11 is 0. The van der Waals surface area contributed by atoms with Crippen molar-refractivity contribution in [1.82, 2.24) is 10.2 Å². The quantitative estimate of drug-likeness (QED) is 0.902. The molecule has 0 radical (unpaired) electrons. The first-order valence-corrected chi connectivity index (χ1v) is 8.78. The first-order valence-electron chi connectivity index (χ1n) is 8.78. The van der Waals surface area contributed by atoms with E-state index < -0.39 is 0 Å². The lowest BCUT2D eigenvalue weighted by Gasteiger charge is -2.34. The molecule has 1 aliphatic heterocycles. The second-order valence-corrected chi connectivity index (χ2v) is 7.71. The minimum Gasteiger partial charge on any atom is -0.369 e. The number of rotatable bonds is 4. The molecule has 1 heterocycles. The minimum atomic E-state index is -0.315. The highest BCUT2D eigenvalue weighted by atomic mass is 16.2. The van der Waals surface area contributed by atoms with Crippen molar-refractivity contribution < 1.29 is 9.59 Å². The van der Waals surface area contributed by atoms with Crippen molar-refractivity contribution in [2.45, 2.75) is 33.2 Å². The number of benzene rings is 1. The fraction of sp³-hybridized carbons (Fsp3) is 0.579. The van der Waals surface area contributed by atoms with Gasteiger partial charge >= 0.3 is 0 Å². The number of carbonyl (C=O) groups excluding carboxylic acids is 2. The summed E-state index contributed by atoms with van der Waals surface area (Å²) in [5.74, 6) is -0.303. The standard InChI is InChI=1S/C19H30N4O2/c1-15(24)23(14-18(25)20-19(2,3)4)17-8-6-16(7-9-17)22-12-10-21(5)11-13-22/h6-9H,10-14H2,1-5H3,(H,20,25). The number of amides is 2. The Bertz CT molecular complexity index is 599. The Morgan fingerprint density at radius 1 is 1.08 bits per heavy atom. The van der Waals surface area contributed by atoms with Crippen LogP contribution in [-0.2, 0) is 9.59 Å². The molecular formula is C19H30N4O2. The number of anilines is 2. The molecule has 0 bridgehead atoms. The average Bonchev–Trinajstić information content (AvgIpc) is 2.52. The fourth-order valence-electron chi connectivity index (χ4n) is 2.89. The Morgan fingerprint density at radius 3 is 2.12 bits per heavy atom. The molecule has 2 rings (SSSR count). The maximum atomic E-state index is 12.2. The van der Waals surface area contributed by atoms with E-state index in [1.54, 1.807) is 0 Å². The third kappa shape index (κ3) is 5.74. The molecule has 0 unspecified atom stereocenters. The molecule has 1 aromatic rings. The van der Waals surface area contributed by atoms with Gasteiger partial charge in [-0.2, -0.15) is 0 Å². The number of carbonyl (C=O) groups is 2. The number of nitrogens with one attached hydrogen (secondary N) is 1. The number of piperazine rings is 1. The molecule has 0 spiro atoms. The summed E-state index contributed by atoms with van der Waals surface area (Å²) in [6, 6.07) is 7.88. The molecule has 1 aromatic carbocycles. The molecule has 2 amide bonds. The van der Waals surface area contributed by atoms with Crippen molar-refractivity contribution in [1.29, 1.82) is 0 Å². The van der Waals surface area contributed by atoms with Crippen molar-refractivity contribution in [3.8, 4) is 0 Å². The van der Waals surface area contributed by atoms with E-state index in [4.69, 9.17) is 0 Å². The van der Waals surface area contributed by atoms with Gasteiger partial charge in [0, 0.05) is 50.0 Å². The Labute approximate surface area is 150 Å². The van der Waals surface area contributed by atoms with Gasteiger partial charge in [-0.15, -0.1) is 0 Å². The number of likely N-dealkylation sites (N-methyl/N-ethyl adjacent to an activating group) is 1. The highest BCUT2D eigenvalue weighted by molar-refractivity contribution is 5.97. The van der Waals surface area contributed by atoms with Gasteiger partial charge in [0.15, 0.2) is 0 Å². The summed E-state index contributed by atoms with van der Waals surface area (Å²) in [6.45, 7) is 11.4. The molecule has 25 heavy (non-hydrogen) atoms. The van der Waals surface area contributed by atoms with Crippen LogP contribution in [-0.4, -0.2) is 62.0 Å². The van der Waals surface area contributed by atoms with Crippen LogP contribution in [0, 0.1) is 0 Å².